The number of rotatable bonds is 1. The first-order chi connectivity index (χ1) is 5.11. The molecule has 0 saturated heterocycles. The Labute approximate surface area is 71.0 Å². The van der Waals surface area contributed by atoms with Gasteiger partial charge in [0, 0.05) is 10.6 Å². The highest BCUT2D eigenvalue weighted by atomic mass is 35.5. The fourth-order valence-electron chi connectivity index (χ4n) is 0.974. The highest BCUT2D eigenvalue weighted by Gasteiger charge is 2.02. The smallest absolute Gasteiger partial charge is 0.160 e. The first kappa shape index (κ1) is 8.28. The van der Waals surface area contributed by atoms with Crippen LogP contribution in [0.4, 0.5) is 0 Å². The third-order valence-corrected chi connectivity index (χ3v) is 1.81. The van der Waals surface area contributed by atoms with Crippen molar-refractivity contribution >= 4 is 17.4 Å². The van der Waals surface area contributed by atoms with Crippen molar-refractivity contribution in [3.05, 3.63) is 34.3 Å². The van der Waals surface area contributed by atoms with Gasteiger partial charge >= 0.3 is 0 Å². The Morgan fingerprint density at radius 2 is 2.09 bits per heavy atom. The molecule has 0 amide bonds. The van der Waals surface area contributed by atoms with Gasteiger partial charge in [-0.1, -0.05) is 17.7 Å². The minimum atomic E-state index is 0.0602. The average molecular weight is 169 g/mol. The van der Waals surface area contributed by atoms with Crippen molar-refractivity contribution in [3.63, 3.8) is 0 Å². The molecule has 1 rings (SSSR count). The number of carbonyl (C=O) groups excluding carboxylic acids is 1. The minimum Gasteiger partial charge on any atom is -0.295 e. The second-order valence-electron chi connectivity index (χ2n) is 2.52. The summed E-state index contributed by atoms with van der Waals surface area (Å²) in [4.78, 5) is 11.0. The van der Waals surface area contributed by atoms with Crippen molar-refractivity contribution in [2.24, 2.45) is 0 Å². The maximum Gasteiger partial charge on any atom is 0.160 e. The predicted molar refractivity (Wildman–Crippen MR) is 46.2 cm³/mol. The number of aryl methyl sites for hydroxylation is 1. The molecule has 2 heteroatoms. The summed E-state index contributed by atoms with van der Waals surface area (Å²) < 4.78 is 0. The Balaban J connectivity index is 3.23. The Morgan fingerprint density at radius 3 is 2.55 bits per heavy atom. The van der Waals surface area contributed by atoms with Crippen LogP contribution >= 0.6 is 11.6 Å². The molecule has 0 aliphatic carbocycles. The SMILES string of the molecule is CC(=O)c1cc(Cl)ccc1C. The standard InChI is InChI=1S/C9H9ClO/c1-6-3-4-8(10)5-9(6)7(2)11/h3-5H,1-2H3. The van der Waals surface area contributed by atoms with Crippen LogP contribution in [0.1, 0.15) is 22.8 Å². The lowest BCUT2D eigenvalue weighted by molar-refractivity contribution is 0.101. The van der Waals surface area contributed by atoms with E-state index in [4.69, 9.17) is 11.6 Å². The molecule has 1 aromatic rings. The molecule has 0 radical (unpaired) electrons. The van der Waals surface area contributed by atoms with Crippen LogP contribution in [-0.4, -0.2) is 5.78 Å². The van der Waals surface area contributed by atoms with Crippen LogP contribution in [-0.2, 0) is 0 Å². The lowest BCUT2D eigenvalue weighted by Gasteiger charge is -2.00. The van der Waals surface area contributed by atoms with Crippen molar-refractivity contribution in [1.29, 1.82) is 0 Å². The summed E-state index contributed by atoms with van der Waals surface area (Å²) in [6.45, 7) is 3.44. The lowest BCUT2D eigenvalue weighted by Crippen LogP contribution is -1.94. The van der Waals surface area contributed by atoms with Crippen LogP contribution in [0.3, 0.4) is 0 Å². The normalized spacial score (nSPS) is 9.73. The molecule has 0 aliphatic heterocycles. The van der Waals surface area contributed by atoms with Crippen molar-refractivity contribution in [2.45, 2.75) is 13.8 Å². The molecule has 11 heavy (non-hydrogen) atoms. The van der Waals surface area contributed by atoms with Crippen LogP contribution in [0, 0.1) is 6.92 Å². The number of benzene rings is 1. The van der Waals surface area contributed by atoms with Crippen LogP contribution in [0.5, 0.6) is 0 Å². The van der Waals surface area contributed by atoms with Crippen molar-refractivity contribution in [3.8, 4) is 0 Å². The molecule has 1 aromatic carbocycles. The number of Topliss-reactive ketones (excluding diaryl/α,β-unsaturated/α-hetero) is 1. The first-order valence-corrected chi connectivity index (χ1v) is 3.76. The van der Waals surface area contributed by atoms with Gasteiger partial charge in [0.25, 0.3) is 0 Å². The Kier molecular flexibility index (Phi) is 2.30. The molecule has 0 aliphatic rings. The summed E-state index contributed by atoms with van der Waals surface area (Å²) in [5.41, 5.74) is 1.68. The monoisotopic (exact) mass is 168 g/mol. The van der Waals surface area contributed by atoms with Crippen molar-refractivity contribution in [1.82, 2.24) is 0 Å². The molecule has 0 unspecified atom stereocenters. The third kappa shape index (κ3) is 1.81. The fraction of sp³-hybridized carbons (Fsp3) is 0.222. The first-order valence-electron chi connectivity index (χ1n) is 3.38. The Bertz CT molecular complexity index is 292. The third-order valence-electron chi connectivity index (χ3n) is 1.58. The van der Waals surface area contributed by atoms with E-state index in [0.29, 0.717) is 10.6 Å². The van der Waals surface area contributed by atoms with Gasteiger partial charge in [0.15, 0.2) is 5.78 Å². The van der Waals surface area contributed by atoms with E-state index in [-0.39, 0.29) is 5.78 Å². The maximum absolute atomic E-state index is 11.0. The maximum atomic E-state index is 11.0. The molecule has 1 nitrogen and oxygen atoms in total. The Morgan fingerprint density at radius 1 is 1.45 bits per heavy atom. The zero-order valence-electron chi connectivity index (χ0n) is 6.52. The molecule has 0 spiro atoms. The lowest BCUT2D eigenvalue weighted by atomic mass is 10.1. The van der Waals surface area contributed by atoms with E-state index >= 15 is 0 Å². The number of carbonyl (C=O) groups is 1. The number of halogens is 1. The van der Waals surface area contributed by atoms with E-state index in [2.05, 4.69) is 0 Å². The molecule has 0 aromatic heterocycles. The van der Waals surface area contributed by atoms with Gasteiger partial charge in [-0.15, -0.1) is 0 Å². The molecular weight excluding hydrogens is 160 g/mol. The van der Waals surface area contributed by atoms with Gasteiger partial charge < -0.3 is 0 Å². The van der Waals surface area contributed by atoms with E-state index in [1.54, 1.807) is 19.1 Å². The zero-order chi connectivity index (χ0) is 8.43. The van der Waals surface area contributed by atoms with E-state index in [9.17, 15) is 4.79 Å². The van der Waals surface area contributed by atoms with Crippen molar-refractivity contribution < 1.29 is 4.79 Å². The van der Waals surface area contributed by atoms with Crippen LogP contribution in [0.25, 0.3) is 0 Å². The van der Waals surface area contributed by atoms with Crippen LogP contribution < -0.4 is 0 Å². The number of ketones is 1. The molecule has 0 atom stereocenters. The fourth-order valence-corrected chi connectivity index (χ4v) is 1.15. The summed E-state index contributed by atoms with van der Waals surface area (Å²) in [5.74, 6) is 0.0602. The highest BCUT2D eigenvalue weighted by Crippen LogP contribution is 2.15. The minimum absolute atomic E-state index is 0.0602. The van der Waals surface area contributed by atoms with E-state index in [1.807, 2.05) is 13.0 Å². The summed E-state index contributed by atoms with van der Waals surface area (Å²) in [6, 6.07) is 5.32. The van der Waals surface area contributed by atoms with Crippen LogP contribution in [0.2, 0.25) is 5.02 Å². The second-order valence-corrected chi connectivity index (χ2v) is 2.95. The summed E-state index contributed by atoms with van der Waals surface area (Å²) >= 11 is 5.71. The molecular formula is C9H9ClO. The molecule has 0 saturated carbocycles. The van der Waals surface area contributed by atoms with Gasteiger partial charge in [0.05, 0.1) is 0 Å². The van der Waals surface area contributed by atoms with Gasteiger partial charge in [-0.3, -0.25) is 4.79 Å². The van der Waals surface area contributed by atoms with E-state index < -0.39 is 0 Å². The van der Waals surface area contributed by atoms with E-state index in [0.717, 1.165) is 5.56 Å². The average Bonchev–Trinajstić information content (AvgIpc) is 1.94. The second kappa shape index (κ2) is 3.05. The topological polar surface area (TPSA) is 17.1 Å². The summed E-state index contributed by atoms with van der Waals surface area (Å²) in [6.07, 6.45) is 0. The molecule has 0 bridgehead atoms. The van der Waals surface area contributed by atoms with Gasteiger partial charge in [0.2, 0.25) is 0 Å². The number of hydrogen-bond donors (Lipinski definition) is 0. The van der Waals surface area contributed by atoms with Crippen LogP contribution in [0.15, 0.2) is 18.2 Å². The zero-order valence-corrected chi connectivity index (χ0v) is 7.27. The van der Waals surface area contributed by atoms with Gasteiger partial charge in [-0.05, 0) is 31.5 Å². The molecule has 0 heterocycles. The highest BCUT2D eigenvalue weighted by molar-refractivity contribution is 6.31. The largest absolute Gasteiger partial charge is 0.295 e. The Hall–Kier alpha value is -0.820. The van der Waals surface area contributed by atoms with Crippen molar-refractivity contribution in [2.75, 3.05) is 0 Å². The summed E-state index contributed by atoms with van der Waals surface area (Å²) in [5, 5.41) is 0.612. The number of hydrogen-bond acceptors (Lipinski definition) is 1. The molecule has 0 fully saturated rings. The summed E-state index contributed by atoms with van der Waals surface area (Å²) in [7, 11) is 0. The molecule has 58 valence electrons. The quantitative estimate of drug-likeness (QED) is 0.590. The molecule has 0 N–H and O–H groups in total. The van der Waals surface area contributed by atoms with Gasteiger partial charge in [-0.2, -0.15) is 0 Å². The van der Waals surface area contributed by atoms with E-state index in [1.165, 1.54) is 0 Å². The predicted octanol–water partition coefficient (Wildman–Crippen LogP) is 2.85. The van der Waals surface area contributed by atoms with Gasteiger partial charge in [0.1, 0.15) is 0 Å². The van der Waals surface area contributed by atoms with Gasteiger partial charge in [-0.25, -0.2) is 0 Å².